The van der Waals surface area contributed by atoms with Crippen molar-refractivity contribution in [1.29, 1.82) is 0 Å². The molecule has 0 bridgehead atoms. The van der Waals surface area contributed by atoms with Crippen LogP contribution in [0.3, 0.4) is 0 Å². The fraction of sp³-hybridized carbons (Fsp3) is 0. The molecule has 0 spiro atoms. The third-order valence-corrected chi connectivity index (χ3v) is 3.42. The van der Waals surface area contributed by atoms with E-state index >= 15 is 0 Å². The molecule has 0 aliphatic heterocycles. The molecular formula is C16H10F2N6. The van der Waals surface area contributed by atoms with Crippen LogP contribution in [-0.4, -0.2) is 24.9 Å². The van der Waals surface area contributed by atoms with Gasteiger partial charge in [0.05, 0.1) is 23.8 Å². The highest BCUT2D eigenvalue weighted by Crippen LogP contribution is 2.30. The fourth-order valence-corrected chi connectivity index (χ4v) is 2.29. The molecule has 0 unspecified atom stereocenters. The van der Waals surface area contributed by atoms with Crippen LogP contribution in [0.5, 0.6) is 0 Å². The van der Waals surface area contributed by atoms with Crippen LogP contribution in [0.2, 0.25) is 0 Å². The van der Waals surface area contributed by atoms with Gasteiger partial charge in [0, 0.05) is 6.20 Å². The van der Waals surface area contributed by atoms with Crippen molar-refractivity contribution in [3.8, 4) is 11.4 Å². The first-order valence-corrected chi connectivity index (χ1v) is 7.05. The number of pyridine rings is 1. The summed E-state index contributed by atoms with van der Waals surface area (Å²) in [6, 6.07) is 7.63. The van der Waals surface area contributed by atoms with E-state index in [1.54, 1.807) is 24.4 Å². The van der Waals surface area contributed by atoms with Crippen molar-refractivity contribution in [1.82, 2.24) is 24.9 Å². The van der Waals surface area contributed by atoms with Crippen LogP contribution >= 0.6 is 0 Å². The smallest absolute Gasteiger partial charge is 0.181 e. The normalized spacial score (nSPS) is 10.9. The molecule has 0 aliphatic rings. The van der Waals surface area contributed by atoms with Crippen molar-refractivity contribution in [3.05, 3.63) is 60.7 Å². The Morgan fingerprint density at radius 2 is 1.92 bits per heavy atom. The van der Waals surface area contributed by atoms with E-state index in [2.05, 4.69) is 30.2 Å². The van der Waals surface area contributed by atoms with Crippen molar-refractivity contribution in [2.24, 2.45) is 0 Å². The zero-order chi connectivity index (χ0) is 16.5. The van der Waals surface area contributed by atoms with Gasteiger partial charge >= 0.3 is 0 Å². The van der Waals surface area contributed by atoms with Gasteiger partial charge in [-0.15, -0.1) is 0 Å². The predicted octanol–water partition coefficient (Wildman–Crippen LogP) is 3.44. The first-order valence-electron chi connectivity index (χ1n) is 7.05. The SMILES string of the molecule is Fc1ccc(Nc2ccccn2)c(F)c1-c1ncc2[nH]cnc2n1. The molecule has 0 saturated heterocycles. The third kappa shape index (κ3) is 2.43. The Morgan fingerprint density at radius 3 is 2.75 bits per heavy atom. The molecule has 8 heteroatoms. The number of nitrogens with zero attached hydrogens (tertiary/aromatic N) is 4. The van der Waals surface area contributed by atoms with Crippen LogP contribution < -0.4 is 5.32 Å². The molecule has 1 aromatic carbocycles. The van der Waals surface area contributed by atoms with Crippen molar-refractivity contribution < 1.29 is 8.78 Å². The Morgan fingerprint density at radius 1 is 1.00 bits per heavy atom. The summed E-state index contributed by atoms with van der Waals surface area (Å²) in [5, 5.41) is 2.81. The van der Waals surface area contributed by atoms with Gasteiger partial charge in [-0.3, -0.25) is 0 Å². The molecule has 0 saturated carbocycles. The lowest BCUT2D eigenvalue weighted by molar-refractivity contribution is 0.590. The Labute approximate surface area is 134 Å². The van der Waals surface area contributed by atoms with Crippen LogP contribution in [-0.2, 0) is 0 Å². The summed E-state index contributed by atoms with van der Waals surface area (Å²) in [5.41, 5.74) is 0.681. The molecule has 3 aromatic heterocycles. The number of anilines is 2. The molecule has 3 heterocycles. The molecule has 0 radical (unpaired) electrons. The molecule has 0 amide bonds. The second kappa shape index (κ2) is 5.65. The van der Waals surface area contributed by atoms with Gasteiger partial charge in [-0.25, -0.2) is 28.7 Å². The van der Waals surface area contributed by atoms with Crippen LogP contribution in [0.15, 0.2) is 49.1 Å². The molecule has 0 aliphatic carbocycles. The van der Waals surface area contributed by atoms with Gasteiger partial charge in [0.1, 0.15) is 17.2 Å². The van der Waals surface area contributed by atoms with E-state index in [1.165, 1.54) is 18.6 Å². The average Bonchev–Trinajstić information content (AvgIpc) is 3.06. The predicted molar refractivity (Wildman–Crippen MR) is 84.6 cm³/mol. The van der Waals surface area contributed by atoms with Gasteiger partial charge in [-0.05, 0) is 24.3 Å². The fourth-order valence-electron chi connectivity index (χ4n) is 2.29. The number of rotatable bonds is 3. The summed E-state index contributed by atoms with van der Waals surface area (Å²) in [6.45, 7) is 0. The number of hydrogen-bond acceptors (Lipinski definition) is 5. The molecule has 118 valence electrons. The number of halogens is 2. The maximum atomic E-state index is 14.8. The number of aromatic amines is 1. The van der Waals surface area contributed by atoms with E-state index in [0.29, 0.717) is 17.0 Å². The van der Waals surface area contributed by atoms with Gasteiger partial charge < -0.3 is 10.3 Å². The number of aromatic nitrogens is 5. The van der Waals surface area contributed by atoms with E-state index in [4.69, 9.17) is 0 Å². The minimum Gasteiger partial charge on any atom is -0.342 e. The van der Waals surface area contributed by atoms with Gasteiger partial charge in [0.25, 0.3) is 0 Å². The summed E-state index contributed by atoms with van der Waals surface area (Å²) in [6.07, 6.45) is 4.44. The molecule has 6 nitrogen and oxygen atoms in total. The lowest BCUT2D eigenvalue weighted by atomic mass is 10.1. The minimum absolute atomic E-state index is 0.0747. The molecule has 4 aromatic rings. The van der Waals surface area contributed by atoms with Gasteiger partial charge in [-0.1, -0.05) is 6.07 Å². The quantitative estimate of drug-likeness (QED) is 0.603. The summed E-state index contributed by atoms with van der Waals surface area (Å²) in [7, 11) is 0. The summed E-state index contributed by atoms with van der Waals surface area (Å²) in [5.74, 6) is -1.18. The Bertz CT molecular complexity index is 1020. The number of imidazole rings is 1. The monoisotopic (exact) mass is 324 g/mol. The van der Waals surface area contributed by atoms with E-state index in [-0.39, 0.29) is 17.1 Å². The van der Waals surface area contributed by atoms with Crippen LogP contribution in [0.4, 0.5) is 20.3 Å². The maximum Gasteiger partial charge on any atom is 0.181 e. The number of nitrogens with one attached hydrogen (secondary N) is 2. The second-order valence-electron chi connectivity index (χ2n) is 4.96. The van der Waals surface area contributed by atoms with Crippen molar-refractivity contribution in [3.63, 3.8) is 0 Å². The maximum absolute atomic E-state index is 14.8. The zero-order valence-corrected chi connectivity index (χ0v) is 12.2. The van der Waals surface area contributed by atoms with Crippen molar-refractivity contribution in [2.75, 3.05) is 5.32 Å². The lowest BCUT2D eigenvalue weighted by Gasteiger charge is -2.10. The molecular weight excluding hydrogens is 314 g/mol. The topological polar surface area (TPSA) is 79.4 Å². The van der Waals surface area contributed by atoms with Crippen LogP contribution in [0, 0.1) is 11.6 Å². The Balaban J connectivity index is 1.81. The van der Waals surface area contributed by atoms with E-state index < -0.39 is 11.6 Å². The molecule has 0 atom stereocenters. The molecule has 0 fully saturated rings. The molecule has 2 N–H and O–H groups in total. The summed E-state index contributed by atoms with van der Waals surface area (Å²) < 4.78 is 29.0. The van der Waals surface area contributed by atoms with Gasteiger partial charge in [0.2, 0.25) is 0 Å². The summed E-state index contributed by atoms with van der Waals surface area (Å²) >= 11 is 0. The number of fused-ring (bicyclic) bond motifs is 1. The number of hydrogen-bond donors (Lipinski definition) is 2. The largest absolute Gasteiger partial charge is 0.342 e. The Kier molecular flexibility index (Phi) is 3.34. The standard InChI is InChI=1S/C16H10F2N6/c17-9-4-5-10(23-12-3-1-2-6-19-12)14(18)13(9)16-20-7-11-15(24-16)22-8-21-11/h1-8H,(H,19,23)(H,20,21,22,24). The van der Waals surface area contributed by atoms with Gasteiger partial charge in [0.15, 0.2) is 17.3 Å². The number of benzene rings is 1. The lowest BCUT2D eigenvalue weighted by Crippen LogP contribution is -2.01. The first kappa shape index (κ1) is 14.2. The number of H-pyrrole nitrogens is 1. The molecule has 24 heavy (non-hydrogen) atoms. The first-order chi connectivity index (χ1) is 11.7. The van der Waals surface area contributed by atoms with Crippen LogP contribution in [0.1, 0.15) is 0 Å². The highest BCUT2D eigenvalue weighted by Gasteiger charge is 2.19. The third-order valence-electron chi connectivity index (χ3n) is 3.42. The second-order valence-corrected chi connectivity index (χ2v) is 4.96. The van der Waals surface area contributed by atoms with Crippen molar-refractivity contribution >= 4 is 22.7 Å². The summed E-state index contributed by atoms with van der Waals surface area (Å²) in [4.78, 5) is 19.0. The highest BCUT2D eigenvalue weighted by molar-refractivity contribution is 5.74. The Hall–Kier alpha value is -3.42. The van der Waals surface area contributed by atoms with Crippen LogP contribution in [0.25, 0.3) is 22.6 Å². The van der Waals surface area contributed by atoms with E-state index in [1.807, 2.05) is 0 Å². The van der Waals surface area contributed by atoms with E-state index in [0.717, 1.165) is 6.07 Å². The van der Waals surface area contributed by atoms with E-state index in [9.17, 15) is 8.78 Å². The van der Waals surface area contributed by atoms with Crippen molar-refractivity contribution in [2.45, 2.75) is 0 Å². The van der Waals surface area contributed by atoms with Gasteiger partial charge in [-0.2, -0.15) is 0 Å². The zero-order valence-electron chi connectivity index (χ0n) is 12.2. The minimum atomic E-state index is -0.796. The highest BCUT2D eigenvalue weighted by atomic mass is 19.1. The average molecular weight is 324 g/mol. The molecule has 4 rings (SSSR count).